The van der Waals surface area contributed by atoms with E-state index in [4.69, 9.17) is 9.82 Å². The highest BCUT2D eigenvalue weighted by atomic mass is 32.2. The summed E-state index contributed by atoms with van der Waals surface area (Å²) in [7, 11) is 1.38. The SMILES string of the molecule is CON=C(C(=O)NC1C(=O)N2C=CCSC12)c1csc(NC(c2ccccc2)(c2ccccc2)c2ccccc2)n1. The van der Waals surface area contributed by atoms with Crippen LogP contribution >= 0.6 is 23.1 Å². The van der Waals surface area contributed by atoms with Crippen LogP contribution in [0, 0.1) is 0 Å². The lowest BCUT2D eigenvalue weighted by Crippen LogP contribution is -2.68. The number of hydrogen-bond acceptors (Lipinski definition) is 8. The van der Waals surface area contributed by atoms with E-state index in [1.54, 1.807) is 28.2 Å². The van der Waals surface area contributed by atoms with E-state index in [9.17, 15) is 9.59 Å². The molecule has 1 saturated heterocycles. The number of aromatic nitrogens is 1. The molecule has 1 fully saturated rings. The van der Waals surface area contributed by atoms with E-state index in [-0.39, 0.29) is 17.0 Å². The summed E-state index contributed by atoms with van der Waals surface area (Å²) in [6.45, 7) is 0. The molecular formula is C31H27N5O3S2. The Morgan fingerprint density at radius 2 is 1.56 bits per heavy atom. The Bertz CT molecular complexity index is 1500. The van der Waals surface area contributed by atoms with Crippen molar-refractivity contribution in [3.8, 4) is 0 Å². The summed E-state index contributed by atoms with van der Waals surface area (Å²) in [5.74, 6) is 0.118. The van der Waals surface area contributed by atoms with E-state index >= 15 is 0 Å². The molecule has 1 aromatic heterocycles. The zero-order valence-corrected chi connectivity index (χ0v) is 23.8. The van der Waals surface area contributed by atoms with Crippen LogP contribution in [0.15, 0.2) is 114 Å². The van der Waals surface area contributed by atoms with Gasteiger partial charge in [-0.1, -0.05) is 102 Å². The minimum absolute atomic E-state index is 0.00383. The minimum Gasteiger partial charge on any atom is -0.398 e. The molecule has 6 rings (SSSR count). The van der Waals surface area contributed by atoms with Gasteiger partial charge in [-0.15, -0.1) is 23.1 Å². The molecular weight excluding hydrogens is 555 g/mol. The minimum atomic E-state index is -0.771. The Hall–Kier alpha value is -4.41. The first-order chi connectivity index (χ1) is 20.1. The summed E-state index contributed by atoms with van der Waals surface area (Å²) in [6, 6.07) is 30.0. The average molecular weight is 582 g/mol. The molecule has 8 nitrogen and oxygen atoms in total. The number of nitrogens with one attached hydrogen (secondary N) is 2. The number of hydrogen-bond donors (Lipinski definition) is 2. The van der Waals surface area contributed by atoms with Crippen molar-refractivity contribution in [3.63, 3.8) is 0 Å². The number of β-lactam (4-membered cyclic amide) rings is 1. The number of oxime groups is 1. The third-order valence-electron chi connectivity index (χ3n) is 7.05. The van der Waals surface area contributed by atoms with Gasteiger partial charge in [0.05, 0.1) is 0 Å². The molecule has 10 heteroatoms. The summed E-state index contributed by atoms with van der Waals surface area (Å²) in [5.41, 5.74) is 2.68. The maximum Gasteiger partial charge on any atom is 0.276 e. The van der Waals surface area contributed by atoms with Gasteiger partial charge < -0.3 is 20.4 Å². The van der Waals surface area contributed by atoms with Crippen molar-refractivity contribution >= 4 is 45.8 Å². The first-order valence-corrected chi connectivity index (χ1v) is 15.0. The largest absolute Gasteiger partial charge is 0.398 e. The van der Waals surface area contributed by atoms with Gasteiger partial charge in [-0.05, 0) is 16.7 Å². The molecule has 206 valence electrons. The number of amides is 2. The molecule has 41 heavy (non-hydrogen) atoms. The van der Waals surface area contributed by atoms with Crippen LogP contribution in [-0.2, 0) is 20.0 Å². The van der Waals surface area contributed by atoms with Crippen LogP contribution in [0.1, 0.15) is 22.4 Å². The number of benzene rings is 3. The van der Waals surface area contributed by atoms with Crippen LogP contribution < -0.4 is 10.6 Å². The molecule has 0 aliphatic carbocycles. The van der Waals surface area contributed by atoms with Gasteiger partial charge in [-0.2, -0.15) is 0 Å². The first-order valence-electron chi connectivity index (χ1n) is 13.0. The van der Waals surface area contributed by atoms with E-state index in [0.29, 0.717) is 10.8 Å². The fourth-order valence-electron chi connectivity index (χ4n) is 5.15. The molecule has 0 radical (unpaired) electrons. The molecule has 2 amide bonds. The predicted octanol–water partition coefficient (Wildman–Crippen LogP) is 4.81. The van der Waals surface area contributed by atoms with Gasteiger partial charge in [0.15, 0.2) is 10.8 Å². The summed E-state index contributed by atoms with van der Waals surface area (Å²) < 4.78 is 0. The van der Waals surface area contributed by atoms with E-state index < -0.39 is 17.5 Å². The van der Waals surface area contributed by atoms with Crippen LogP contribution in [0.25, 0.3) is 0 Å². The van der Waals surface area contributed by atoms with Gasteiger partial charge in [0.1, 0.15) is 29.8 Å². The molecule has 2 unspecified atom stereocenters. The molecule has 0 bridgehead atoms. The lowest BCUT2D eigenvalue weighted by Gasteiger charge is -2.46. The summed E-state index contributed by atoms with van der Waals surface area (Å²) in [6.07, 6.45) is 3.70. The lowest BCUT2D eigenvalue weighted by molar-refractivity contribution is -0.143. The van der Waals surface area contributed by atoms with Crippen molar-refractivity contribution in [3.05, 3.63) is 131 Å². The summed E-state index contributed by atoms with van der Waals surface area (Å²) in [4.78, 5) is 37.3. The van der Waals surface area contributed by atoms with Gasteiger partial charge in [0.25, 0.3) is 11.8 Å². The van der Waals surface area contributed by atoms with Crippen molar-refractivity contribution in [1.82, 2.24) is 15.2 Å². The highest BCUT2D eigenvalue weighted by Crippen LogP contribution is 2.40. The molecule has 0 spiro atoms. The number of rotatable bonds is 9. The van der Waals surface area contributed by atoms with Crippen molar-refractivity contribution in [2.45, 2.75) is 17.0 Å². The molecule has 4 aromatic rings. The maximum atomic E-state index is 13.3. The third kappa shape index (κ3) is 5.00. The standard InChI is InChI=1S/C31H27N5O3S2/c1-39-35-25(27(37)33-26-28(38)36-18-11-19-40-29(26)36)24-20-41-30(32-24)34-31(21-12-5-2-6-13-21,22-14-7-3-8-15-22)23-16-9-4-10-17-23/h2-18,20,26,29H,19H2,1H3,(H,32,34)(H,33,37). The first kappa shape index (κ1) is 26.8. The third-order valence-corrected chi connectivity index (χ3v) is 9.04. The van der Waals surface area contributed by atoms with E-state index in [2.05, 4.69) is 52.2 Å². The monoisotopic (exact) mass is 581 g/mol. The second-order valence-electron chi connectivity index (χ2n) is 9.44. The Kier molecular flexibility index (Phi) is 7.58. The zero-order chi connectivity index (χ0) is 28.2. The van der Waals surface area contributed by atoms with Crippen molar-refractivity contribution < 1.29 is 14.4 Å². The van der Waals surface area contributed by atoms with Crippen molar-refractivity contribution in [2.75, 3.05) is 18.2 Å². The van der Waals surface area contributed by atoms with Crippen LogP contribution in [0.5, 0.6) is 0 Å². The molecule has 2 aliphatic rings. The molecule has 2 N–H and O–H groups in total. The smallest absolute Gasteiger partial charge is 0.276 e. The Labute approximate surface area is 246 Å². The van der Waals surface area contributed by atoms with E-state index in [0.717, 1.165) is 22.4 Å². The van der Waals surface area contributed by atoms with Gasteiger partial charge in [-0.3, -0.25) is 9.59 Å². The normalized spacial score (nSPS) is 18.3. The topological polar surface area (TPSA) is 95.9 Å². The Morgan fingerprint density at radius 3 is 2.12 bits per heavy atom. The second-order valence-corrected chi connectivity index (χ2v) is 11.4. The number of anilines is 1. The fraction of sp³-hybridized carbons (Fsp3) is 0.161. The van der Waals surface area contributed by atoms with Gasteiger partial charge in [0, 0.05) is 17.3 Å². The molecule has 0 saturated carbocycles. The van der Waals surface area contributed by atoms with Gasteiger partial charge >= 0.3 is 0 Å². The summed E-state index contributed by atoms with van der Waals surface area (Å²) >= 11 is 2.96. The van der Waals surface area contributed by atoms with Gasteiger partial charge in [0.2, 0.25) is 0 Å². The van der Waals surface area contributed by atoms with Crippen molar-refractivity contribution in [1.29, 1.82) is 0 Å². The lowest BCUT2D eigenvalue weighted by atomic mass is 9.77. The number of carbonyl (C=O) groups is 2. The summed E-state index contributed by atoms with van der Waals surface area (Å²) in [5, 5.41) is 12.8. The van der Waals surface area contributed by atoms with Gasteiger partial charge in [-0.25, -0.2) is 4.98 Å². The number of carbonyl (C=O) groups excluding carboxylic acids is 2. The molecule has 2 aliphatic heterocycles. The van der Waals surface area contributed by atoms with E-state index in [1.807, 2.05) is 60.7 Å². The van der Waals surface area contributed by atoms with Crippen LogP contribution in [0.4, 0.5) is 5.13 Å². The average Bonchev–Trinajstić information content (AvgIpc) is 3.50. The highest BCUT2D eigenvalue weighted by Gasteiger charge is 2.49. The maximum absolute atomic E-state index is 13.3. The second kappa shape index (κ2) is 11.6. The number of fused-ring (bicyclic) bond motifs is 1. The number of nitrogens with zero attached hydrogens (tertiary/aromatic N) is 3. The molecule has 3 heterocycles. The molecule has 3 aromatic carbocycles. The van der Waals surface area contributed by atoms with Crippen LogP contribution in [0.2, 0.25) is 0 Å². The number of thioether (sulfide) groups is 1. The van der Waals surface area contributed by atoms with Crippen LogP contribution in [-0.4, -0.2) is 51.7 Å². The molecule has 2 atom stereocenters. The van der Waals surface area contributed by atoms with E-state index in [1.165, 1.54) is 18.4 Å². The quantitative estimate of drug-likeness (QED) is 0.128. The highest BCUT2D eigenvalue weighted by molar-refractivity contribution is 8.00. The van der Waals surface area contributed by atoms with Crippen molar-refractivity contribution in [2.24, 2.45) is 5.16 Å². The fourth-order valence-corrected chi connectivity index (χ4v) is 7.01. The zero-order valence-electron chi connectivity index (χ0n) is 22.1. The Morgan fingerprint density at radius 1 is 0.976 bits per heavy atom. The Balaban J connectivity index is 1.34. The number of thiazole rings is 1. The van der Waals surface area contributed by atoms with Crippen LogP contribution in [0.3, 0.4) is 0 Å². The predicted molar refractivity (Wildman–Crippen MR) is 163 cm³/mol.